The van der Waals surface area contributed by atoms with Gasteiger partial charge < -0.3 is 20.1 Å². The van der Waals surface area contributed by atoms with Crippen molar-refractivity contribution < 1.29 is 40.5 Å². The normalized spacial score (nSPS) is 18.8. The van der Waals surface area contributed by atoms with Gasteiger partial charge in [-0.15, -0.1) is 0 Å². The highest BCUT2D eigenvalue weighted by Crippen LogP contribution is 2.43. The Bertz CT molecular complexity index is 1680. The molecule has 3 heterocycles. The van der Waals surface area contributed by atoms with Crippen molar-refractivity contribution in [1.82, 2.24) is 5.48 Å². The molecule has 1 atom stereocenters. The molecular formula is C27H26F3N5O6S. The molecule has 3 aliphatic rings. The van der Waals surface area contributed by atoms with E-state index < -0.39 is 27.8 Å². The Balaban J connectivity index is 0.000000271. The molecule has 2 bridgehead atoms. The molecule has 3 aliphatic heterocycles. The highest BCUT2D eigenvalue weighted by molar-refractivity contribution is 7.85. The first kappa shape index (κ1) is 29.0. The first-order valence-corrected chi connectivity index (χ1v) is 13.8. The van der Waals surface area contributed by atoms with E-state index in [1.54, 1.807) is 29.3 Å². The number of allylic oxidation sites excluding steroid dienone is 1. The number of alkyl halides is 3. The lowest BCUT2D eigenvalue weighted by Crippen LogP contribution is -2.51. The molecular weight excluding hydrogens is 579 g/mol. The molecule has 0 aliphatic carbocycles. The number of hydroxylamine groups is 1. The summed E-state index contributed by atoms with van der Waals surface area (Å²) in [5.41, 5.74) is 5.34. The number of rotatable bonds is 5. The third-order valence-electron chi connectivity index (χ3n) is 6.43. The Kier molecular flexibility index (Phi) is 7.42. The summed E-state index contributed by atoms with van der Waals surface area (Å²) in [7, 11) is -2.71. The average molecular weight is 606 g/mol. The van der Waals surface area contributed by atoms with Crippen LogP contribution >= 0.6 is 0 Å². The summed E-state index contributed by atoms with van der Waals surface area (Å²) in [5, 5.41) is 6.10. The van der Waals surface area contributed by atoms with Crippen molar-refractivity contribution >= 4 is 33.4 Å². The van der Waals surface area contributed by atoms with Crippen molar-refractivity contribution in [3.05, 3.63) is 83.2 Å². The van der Waals surface area contributed by atoms with Gasteiger partial charge in [-0.1, -0.05) is 17.7 Å². The first-order chi connectivity index (χ1) is 19.8. The fraction of sp³-hybridized carbons (Fsp3) is 0.222. The van der Waals surface area contributed by atoms with Crippen molar-refractivity contribution in [2.24, 2.45) is 4.99 Å². The van der Waals surface area contributed by atoms with Gasteiger partial charge >= 0.3 is 12.1 Å². The van der Waals surface area contributed by atoms with Crippen molar-refractivity contribution in [3.8, 4) is 11.5 Å². The second-order valence-electron chi connectivity index (χ2n) is 9.44. The van der Waals surface area contributed by atoms with Gasteiger partial charge in [-0.05, 0) is 56.3 Å². The number of halogens is 3. The molecule has 0 aromatic heterocycles. The number of nitrogens with one attached hydrogen (secondary N) is 3. The summed E-state index contributed by atoms with van der Waals surface area (Å²) in [6.07, 6.45) is -2.95. The number of methoxy groups -OCH3 is 1. The monoisotopic (exact) mass is 605 g/mol. The summed E-state index contributed by atoms with van der Waals surface area (Å²) in [6, 6.07) is 14.8. The van der Waals surface area contributed by atoms with Gasteiger partial charge in [0, 0.05) is 23.5 Å². The van der Waals surface area contributed by atoms with Crippen LogP contribution in [0.15, 0.2) is 81.9 Å². The molecule has 42 heavy (non-hydrogen) atoms. The zero-order chi connectivity index (χ0) is 30.3. The number of anilines is 3. The van der Waals surface area contributed by atoms with Crippen LogP contribution in [0.25, 0.3) is 0 Å². The second kappa shape index (κ2) is 10.7. The van der Waals surface area contributed by atoms with Crippen LogP contribution in [0.4, 0.5) is 30.2 Å². The minimum atomic E-state index is -4.54. The van der Waals surface area contributed by atoms with Gasteiger partial charge in [-0.25, -0.2) is 15.3 Å². The largest absolute Gasteiger partial charge is 0.497 e. The van der Waals surface area contributed by atoms with Crippen LogP contribution < -0.4 is 30.5 Å². The molecule has 0 amide bonds. The number of hydrogen-bond acceptors (Lipinski definition) is 10. The zero-order valence-corrected chi connectivity index (χ0v) is 23.3. The van der Waals surface area contributed by atoms with Gasteiger partial charge in [0.1, 0.15) is 17.3 Å². The minimum Gasteiger partial charge on any atom is -0.497 e. The Morgan fingerprint density at radius 1 is 1.10 bits per heavy atom. The Labute approximate surface area is 239 Å². The van der Waals surface area contributed by atoms with Crippen molar-refractivity contribution in [1.29, 1.82) is 0 Å². The van der Waals surface area contributed by atoms with Crippen LogP contribution in [0.5, 0.6) is 11.5 Å². The van der Waals surface area contributed by atoms with Gasteiger partial charge in [0.2, 0.25) is 0 Å². The fourth-order valence-electron chi connectivity index (χ4n) is 4.33. The van der Waals surface area contributed by atoms with E-state index in [0.717, 1.165) is 29.0 Å². The van der Waals surface area contributed by atoms with E-state index >= 15 is 0 Å². The maximum Gasteiger partial charge on any atom is 0.416 e. The maximum absolute atomic E-state index is 13.4. The molecule has 0 spiro atoms. The van der Waals surface area contributed by atoms with Gasteiger partial charge in [-0.3, -0.25) is 9.45 Å². The highest BCUT2D eigenvalue weighted by Gasteiger charge is 2.50. The SMILES string of the molecule is COc1cc(NC23N=CC(C)=C(NO2)N3c2ccc3c(c2)NCO3)cc(C(F)(F)F)c1.Cc1ccc(S(=O)(=O)O)cc1. The number of aliphatic imine (C=N–C) groups is 1. The van der Waals surface area contributed by atoms with Crippen molar-refractivity contribution in [2.75, 3.05) is 29.4 Å². The predicted octanol–water partition coefficient (Wildman–Crippen LogP) is 5.10. The van der Waals surface area contributed by atoms with Crippen LogP contribution in [0.2, 0.25) is 0 Å². The Hall–Kier alpha value is -4.47. The lowest BCUT2D eigenvalue weighted by Gasteiger charge is -2.36. The lowest BCUT2D eigenvalue weighted by molar-refractivity contribution is -0.137. The van der Waals surface area contributed by atoms with E-state index in [4.69, 9.17) is 18.9 Å². The summed E-state index contributed by atoms with van der Waals surface area (Å²) in [4.78, 5) is 11.9. The summed E-state index contributed by atoms with van der Waals surface area (Å²) in [5.74, 6) is -0.171. The fourth-order valence-corrected chi connectivity index (χ4v) is 4.81. The molecule has 0 radical (unpaired) electrons. The van der Waals surface area contributed by atoms with Crippen LogP contribution in [0, 0.1) is 6.92 Å². The van der Waals surface area contributed by atoms with Gasteiger partial charge in [0.25, 0.3) is 10.1 Å². The average Bonchev–Trinajstić information content (AvgIpc) is 3.52. The number of fused-ring (bicyclic) bond motifs is 3. The molecule has 1 unspecified atom stereocenters. The van der Waals surface area contributed by atoms with Crippen molar-refractivity contribution in [3.63, 3.8) is 0 Å². The quantitative estimate of drug-likeness (QED) is 0.291. The second-order valence-corrected chi connectivity index (χ2v) is 10.9. The van der Waals surface area contributed by atoms with Gasteiger partial charge in [0.15, 0.2) is 6.73 Å². The molecule has 6 rings (SSSR count). The van der Waals surface area contributed by atoms with E-state index in [2.05, 4.69) is 21.1 Å². The van der Waals surface area contributed by atoms with E-state index in [0.29, 0.717) is 24.0 Å². The number of hydrogen-bond donors (Lipinski definition) is 4. The number of aryl methyl sites for hydroxylation is 1. The molecule has 15 heteroatoms. The summed E-state index contributed by atoms with van der Waals surface area (Å²) >= 11 is 0. The van der Waals surface area contributed by atoms with Crippen LogP contribution in [0.1, 0.15) is 18.1 Å². The molecule has 222 valence electrons. The summed E-state index contributed by atoms with van der Waals surface area (Å²) in [6.45, 7) is 4.05. The molecule has 3 aromatic carbocycles. The number of benzene rings is 3. The Morgan fingerprint density at radius 2 is 1.83 bits per heavy atom. The van der Waals surface area contributed by atoms with Gasteiger partial charge in [-0.2, -0.15) is 21.6 Å². The molecule has 1 saturated heterocycles. The number of ether oxygens (including phenoxy) is 2. The molecule has 4 N–H and O–H groups in total. The van der Waals surface area contributed by atoms with Crippen LogP contribution in [-0.2, 0) is 21.1 Å². The standard InChI is InChI=1S/C20H18F3N5O3.C7H8O3S/c1-11-9-25-20(26-13-5-12(19(21,22)23)6-15(7-13)29-2)28(18(11)27-31-20)14-3-4-17-16(8-14)24-10-30-17;1-6-2-4-7(5-3-6)11(8,9)10/h3-9,24,26-27H,10H2,1-2H3;2-5H,1H3,(H,8,9,10). The zero-order valence-electron chi connectivity index (χ0n) is 22.5. The summed E-state index contributed by atoms with van der Waals surface area (Å²) < 4.78 is 80.2. The molecule has 1 fully saturated rings. The Morgan fingerprint density at radius 3 is 2.50 bits per heavy atom. The van der Waals surface area contributed by atoms with E-state index in [9.17, 15) is 21.6 Å². The van der Waals surface area contributed by atoms with E-state index in [1.165, 1.54) is 25.3 Å². The lowest BCUT2D eigenvalue weighted by atomic mass is 10.1. The molecule has 11 nitrogen and oxygen atoms in total. The first-order valence-electron chi connectivity index (χ1n) is 12.4. The third kappa shape index (κ3) is 5.79. The van der Waals surface area contributed by atoms with E-state index in [-0.39, 0.29) is 16.3 Å². The van der Waals surface area contributed by atoms with Crippen molar-refractivity contribution in [2.45, 2.75) is 30.9 Å². The van der Waals surface area contributed by atoms with Gasteiger partial charge in [0.05, 0.1) is 28.9 Å². The smallest absolute Gasteiger partial charge is 0.416 e. The minimum absolute atomic E-state index is 0.0526. The molecule has 0 saturated carbocycles. The maximum atomic E-state index is 13.4. The topological polar surface area (TPSA) is 134 Å². The number of nitrogens with zero attached hydrogens (tertiary/aromatic N) is 2. The van der Waals surface area contributed by atoms with Crippen LogP contribution in [-0.4, -0.2) is 39.0 Å². The molecule has 3 aromatic rings. The predicted molar refractivity (Wildman–Crippen MR) is 149 cm³/mol. The van der Waals surface area contributed by atoms with Crippen LogP contribution in [0.3, 0.4) is 0 Å². The van der Waals surface area contributed by atoms with E-state index in [1.807, 2.05) is 26.0 Å². The highest BCUT2D eigenvalue weighted by atomic mass is 32.2. The third-order valence-corrected chi connectivity index (χ3v) is 7.30.